The van der Waals surface area contributed by atoms with Gasteiger partial charge in [-0.15, -0.1) is 0 Å². The molecule has 0 amide bonds. The molecule has 0 radical (unpaired) electrons. The molecule has 1 aromatic rings. The molecule has 1 N–H and O–H groups in total. The molecule has 0 spiro atoms. The van der Waals surface area contributed by atoms with Crippen LogP contribution < -0.4 is 5.32 Å². The summed E-state index contributed by atoms with van der Waals surface area (Å²) < 4.78 is 19.2. The first-order valence-corrected chi connectivity index (χ1v) is 7.74. The average Bonchev–Trinajstić information content (AvgIpc) is 2.88. The lowest BCUT2D eigenvalue weighted by atomic mass is 9.87. The number of rotatable bonds is 6. The van der Waals surface area contributed by atoms with Crippen molar-refractivity contribution in [2.75, 3.05) is 13.7 Å². The Hall–Kier alpha value is -0.640. The van der Waals surface area contributed by atoms with Crippen molar-refractivity contribution in [2.24, 2.45) is 0 Å². The fourth-order valence-electron chi connectivity index (χ4n) is 3.31. The molecule has 0 aromatic heterocycles. The largest absolute Gasteiger partial charge is 0.374 e. The van der Waals surface area contributed by atoms with Gasteiger partial charge >= 0.3 is 0 Å². The summed E-state index contributed by atoms with van der Waals surface area (Å²) >= 11 is 6.15. The SMILES string of the molecule is CCOC1(C(Cc2ccc(F)cc2Cl)NC)CCCC1. The van der Waals surface area contributed by atoms with Gasteiger partial charge in [0.25, 0.3) is 0 Å². The molecule has 1 aromatic carbocycles. The molecule has 1 fully saturated rings. The molecule has 1 atom stereocenters. The maximum atomic E-state index is 13.1. The Kier molecular flexibility index (Phi) is 5.42. The van der Waals surface area contributed by atoms with Crippen LogP contribution in [0.4, 0.5) is 4.39 Å². The number of hydrogen-bond acceptors (Lipinski definition) is 2. The predicted octanol–water partition coefficient (Wildman–Crippen LogP) is 3.96. The first-order chi connectivity index (χ1) is 9.61. The van der Waals surface area contributed by atoms with Gasteiger partial charge in [0, 0.05) is 17.7 Å². The van der Waals surface area contributed by atoms with Gasteiger partial charge in [-0.3, -0.25) is 0 Å². The van der Waals surface area contributed by atoms with Gasteiger partial charge < -0.3 is 10.1 Å². The maximum absolute atomic E-state index is 13.1. The molecule has 1 saturated carbocycles. The van der Waals surface area contributed by atoms with E-state index in [1.54, 1.807) is 6.07 Å². The summed E-state index contributed by atoms with van der Waals surface area (Å²) in [6.45, 7) is 2.76. The first-order valence-electron chi connectivity index (χ1n) is 7.36. The van der Waals surface area contributed by atoms with Crippen LogP contribution in [0.2, 0.25) is 5.02 Å². The van der Waals surface area contributed by atoms with Gasteiger partial charge in [-0.2, -0.15) is 0 Å². The van der Waals surface area contributed by atoms with Gasteiger partial charge in [0.15, 0.2) is 0 Å². The minimum Gasteiger partial charge on any atom is -0.374 e. The third-order valence-corrected chi connectivity index (χ3v) is 4.66. The molecular weight excluding hydrogens is 277 g/mol. The van der Waals surface area contributed by atoms with E-state index >= 15 is 0 Å². The summed E-state index contributed by atoms with van der Waals surface area (Å²) in [5, 5.41) is 3.88. The molecule has 20 heavy (non-hydrogen) atoms. The van der Waals surface area contributed by atoms with E-state index in [9.17, 15) is 4.39 Å². The van der Waals surface area contributed by atoms with Gasteiger partial charge in [-0.05, 0) is 50.9 Å². The average molecular weight is 300 g/mol. The van der Waals surface area contributed by atoms with E-state index in [4.69, 9.17) is 16.3 Å². The van der Waals surface area contributed by atoms with E-state index in [1.807, 2.05) is 14.0 Å². The van der Waals surface area contributed by atoms with Crippen LogP contribution in [-0.4, -0.2) is 25.3 Å². The minimum absolute atomic E-state index is 0.110. The fraction of sp³-hybridized carbons (Fsp3) is 0.625. The second-order valence-corrected chi connectivity index (χ2v) is 5.89. The molecule has 2 rings (SSSR count). The Balaban J connectivity index is 2.18. The summed E-state index contributed by atoms with van der Waals surface area (Å²) in [6.07, 6.45) is 5.32. The third-order valence-electron chi connectivity index (χ3n) is 4.30. The maximum Gasteiger partial charge on any atom is 0.124 e. The Morgan fingerprint density at radius 1 is 1.40 bits per heavy atom. The normalized spacial score (nSPS) is 19.2. The zero-order chi connectivity index (χ0) is 14.6. The second-order valence-electron chi connectivity index (χ2n) is 5.49. The smallest absolute Gasteiger partial charge is 0.124 e. The molecule has 0 saturated heterocycles. The van der Waals surface area contributed by atoms with Gasteiger partial charge in [0.2, 0.25) is 0 Å². The number of benzene rings is 1. The van der Waals surface area contributed by atoms with Crippen LogP contribution in [0, 0.1) is 5.82 Å². The highest BCUT2D eigenvalue weighted by Gasteiger charge is 2.41. The molecule has 112 valence electrons. The standard InChI is InChI=1S/C16H23ClFNO/c1-3-20-16(8-4-5-9-16)15(19-2)10-12-6-7-13(18)11-14(12)17/h6-7,11,15,19H,3-5,8-10H2,1-2H3. The van der Waals surface area contributed by atoms with Crippen molar-refractivity contribution in [1.29, 1.82) is 0 Å². The van der Waals surface area contributed by atoms with Crippen molar-refractivity contribution in [2.45, 2.75) is 50.7 Å². The highest BCUT2D eigenvalue weighted by Crippen LogP contribution is 2.37. The summed E-state index contributed by atoms with van der Waals surface area (Å²) in [5.74, 6) is -0.292. The van der Waals surface area contributed by atoms with Crippen LogP contribution in [0.15, 0.2) is 18.2 Å². The summed E-state index contributed by atoms with van der Waals surface area (Å²) in [4.78, 5) is 0. The monoisotopic (exact) mass is 299 g/mol. The van der Waals surface area contributed by atoms with E-state index in [1.165, 1.54) is 25.0 Å². The molecule has 0 bridgehead atoms. The van der Waals surface area contributed by atoms with Crippen LogP contribution in [-0.2, 0) is 11.2 Å². The lowest BCUT2D eigenvalue weighted by Gasteiger charge is -2.37. The van der Waals surface area contributed by atoms with E-state index in [0.717, 1.165) is 31.4 Å². The van der Waals surface area contributed by atoms with E-state index < -0.39 is 0 Å². The molecule has 2 nitrogen and oxygen atoms in total. The van der Waals surface area contributed by atoms with E-state index in [2.05, 4.69) is 5.32 Å². The number of hydrogen-bond donors (Lipinski definition) is 1. The molecule has 4 heteroatoms. The highest BCUT2D eigenvalue weighted by atomic mass is 35.5. The highest BCUT2D eigenvalue weighted by molar-refractivity contribution is 6.31. The molecule has 1 unspecified atom stereocenters. The van der Waals surface area contributed by atoms with Crippen LogP contribution in [0.25, 0.3) is 0 Å². The minimum atomic E-state index is -0.292. The Morgan fingerprint density at radius 3 is 2.65 bits per heavy atom. The van der Waals surface area contributed by atoms with Crippen LogP contribution >= 0.6 is 11.6 Å². The number of halogens is 2. The van der Waals surface area contributed by atoms with Crippen LogP contribution in [0.5, 0.6) is 0 Å². The zero-order valence-corrected chi connectivity index (χ0v) is 13.0. The van der Waals surface area contributed by atoms with Crippen molar-refractivity contribution in [3.63, 3.8) is 0 Å². The van der Waals surface area contributed by atoms with Gasteiger partial charge in [0.05, 0.1) is 5.60 Å². The molecule has 1 aliphatic rings. The Labute approximate surface area is 125 Å². The molecule has 1 aliphatic carbocycles. The van der Waals surface area contributed by atoms with Crippen molar-refractivity contribution in [3.8, 4) is 0 Å². The van der Waals surface area contributed by atoms with Crippen molar-refractivity contribution in [1.82, 2.24) is 5.32 Å². The van der Waals surface area contributed by atoms with E-state index in [-0.39, 0.29) is 17.5 Å². The number of likely N-dealkylation sites (N-methyl/N-ethyl adjacent to an activating group) is 1. The lowest BCUT2D eigenvalue weighted by molar-refractivity contribution is -0.0597. The van der Waals surface area contributed by atoms with E-state index in [0.29, 0.717) is 5.02 Å². The predicted molar refractivity (Wildman–Crippen MR) is 80.8 cm³/mol. The zero-order valence-electron chi connectivity index (χ0n) is 12.2. The van der Waals surface area contributed by atoms with Crippen molar-refractivity contribution >= 4 is 11.6 Å². The number of ether oxygens (including phenoxy) is 1. The molecule has 0 heterocycles. The summed E-state index contributed by atoms with van der Waals surface area (Å²) in [7, 11) is 1.96. The summed E-state index contributed by atoms with van der Waals surface area (Å²) in [6, 6.07) is 4.82. The van der Waals surface area contributed by atoms with Gasteiger partial charge in [-0.1, -0.05) is 30.5 Å². The first kappa shape index (κ1) is 15.7. The van der Waals surface area contributed by atoms with Crippen LogP contribution in [0.1, 0.15) is 38.2 Å². The van der Waals surface area contributed by atoms with Gasteiger partial charge in [0.1, 0.15) is 5.82 Å². The van der Waals surface area contributed by atoms with Crippen LogP contribution in [0.3, 0.4) is 0 Å². The Morgan fingerprint density at radius 2 is 2.10 bits per heavy atom. The van der Waals surface area contributed by atoms with Gasteiger partial charge in [-0.25, -0.2) is 4.39 Å². The fourth-order valence-corrected chi connectivity index (χ4v) is 3.56. The molecule has 0 aliphatic heterocycles. The second kappa shape index (κ2) is 6.88. The third kappa shape index (κ3) is 3.33. The molecular formula is C16H23ClFNO. The van der Waals surface area contributed by atoms with Crippen molar-refractivity contribution < 1.29 is 9.13 Å². The lowest BCUT2D eigenvalue weighted by Crippen LogP contribution is -2.51. The Bertz CT molecular complexity index is 446. The topological polar surface area (TPSA) is 21.3 Å². The van der Waals surface area contributed by atoms with Crippen molar-refractivity contribution in [3.05, 3.63) is 34.6 Å². The quantitative estimate of drug-likeness (QED) is 0.858. The summed E-state index contributed by atoms with van der Waals surface area (Å²) in [5.41, 5.74) is 0.861. The number of nitrogens with one attached hydrogen (secondary N) is 1.